The fourth-order valence-corrected chi connectivity index (χ4v) is 3.52. The number of imidazole rings is 1. The number of benzene rings is 1. The summed E-state index contributed by atoms with van der Waals surface area (Å²) in [5.74, 6) is 0. The third-order valence-electron chi connectivity index (χ3n) is 3.85. The Labute approximate surface area is 137 Å². The summed E-state index contributed by atoms with van der Waals surface area (Å²) in [5, 5.41) is 0. The molecule has 0 atom stereocenters. The Balaban J connectivity index is 1.82. The third-order valence-corrected chi connectivity index (χ3v) is 4.91. The summed E-state index contributed by atoms with van der Waals surface area (Å²) >= 11 is 1.51. The van der Waals surface area contributed by atoms with E-state index in [4.69, 9.17) is 0 Å². The summed E-state index contributed by atoms with van der Waals surface area (Å²) < 4.78 is 2.09. The summed E-state index contributed by atoms with van der Waals surface area (Å²) in [4.78, 5) is 17.2. The molecular formula is C19H14N2OS. The molecule has 0 unspecified atom stereocenters. The molecule has 0 aliphatic carbocycles. The number of thiophene rings is 1. The molecule has 3 aromatic heterocycles. The van der Waals surface area contributed by atoms with Crippen molar-refractivity contribution < 1.29 is 4.79 Å². The molecule has 0 N–H and O–H groups in total. The van der Waals surface area contributed by atoms with Gasteiger partial charge in [-0.15, -0.1) is 11.3 Å². The van der Waals surface area contributed by atoms with Crippen LogP contribution in [0.4, 0.5) is 0 Å². The third kappa shape index (κ3) is 2.47. The second-order valence-corrected chi connectivity index (χ2v) is 6.59. The number of fused-ring (bicyclic) bond motifs is 1. The zero-order valence-electron chi connectivity index (χ0n) is 12.6. The number of carbonyl (C=O) groups excluding carboxylic acids is 1. The Morgan fingerprint density at radius 1 is 1.09 bits per heavy atom. The lowest BCUT2D eigenvalue weighted by Crippen LogP contribution is -1.88. The molecule has 0 radical (unpaired) electrons. The first-order valence-electron chi connectivity index (χ1n) is 7.34. The lowest BCUT2D eigenvalue weighted by molar-refractivity contribution is 0.112. The molecule has 112 valence electrons. The van der Waals surface area contributed by atoms with Gasteiger partial charge in [0.1, 0.15) is 5.65 Å². The van der Waals surface area contributed by atoms with Crippen LogP contribution in [-0.4, -0.2) is 15.7 Å². The molecule has 4 heteroatoms. The van der Waals surface area contributed by atoms with Crippen molar-refractivity contribution >= 4 is 23.3 Å². The minimum absolute atomic E-state index is 0.746. The first-order chi connectivity index (χ1) is 11.2. The van der Waals surface area contributed by atoms with Crippen LogP contribution in [0.3, 0.4) is 0 Å². The van der Waals surface area contributed by atoms with Gasteiger partial charge in [-0.05, 0) is 48.4 Å². The Kier molecular flexibility index (Phi) is 3.32. The van der Waals surface area contributed by atoms with Crippen LogP contribution in [0.25, 0.3) is 27.3 Å². The lowest BCUT2D eigenvalue weighted by atomic mass is 10.1. The number of pyridine rings is 1. The smallest absolute Gasteiger partial charge is 0.160 e. The highest BCUT2D eigenvalue weighted by atomic mass is 32.1. The van der Waals surface area contributed by atoms with Crippen molar-refractivity contribution in [2.75, 3.05) is 0 Å². The molecule has 23 heavy (non-hydrogen) atoms. The molecule has 0 aliphatic heterocycles. The van der Waals surface area contributed by atoms with E-state index >= 15 is 0 Å². The second kappa shape index (κ2) is 5.48. The minimum Gasteiger partial charge on any atom is -0.300 e. The average molecular weight is 318 g/mol. The van der Waals surface area contributed by atoms with Crippen molar-refractivity contribution in [2.45, 2.75) is 6.92 Å². The van der Waals surface area contributed by atoms with E-state index in [1.54, 1.807) is 0 Å². The van der Waals surface area contributed by atoms with Crippen LogP contribution in [0.15, 0.2) is 60.9 Å². The topological polar surface area (TPSA) is 34.4 Å². The van der Waals surface area contributed by atoms with E-state index in [1.165, 1.54) is 16.9 Å². The molecule has 0 fully saturated rings. The van der Waals surface area contributed by atoms with Crippen LogP contribution < -0.4 is 0 Å². The van der Waals surface area contributed by atoms with Crippen LogP contribution in [0.1, 0.15) is 15.2 Å². The SMILES string of the molecule is Cc1ccn2c(-c3cccc(-c4ccc(C=O)s4)c3)cnc2c1. The van der Waals surface area contributed by atoms with Crippen LogP contribution in [0.2, 0.25) is 0 Å². The Morgan fingerprint density at radius 3 is 2.78 bits per heavy atom. The van der Waals surface area contributed by atoms with E-state index in [1.807, 2.05) is 24.4 Å². The number of nitrogens with zero attached hydrogens (tertiary/aromatic N) is 2. The lowest BCUT2D eigenvalue weighted by Gasteiger charge is -2.05. The summed E-state index contributed by atoms with van der Waals surface area (Å²) in [7, 11) is 0. The van der Waals surface area contributed by atoms with Crippen LogP contribution in [0.5, 0.6) is 0 Å². The summed E-state index contributed by atoms with van der Waals surface area (Å²) in [6.07, 6.45) is 4.85. The highest BCUT2D eigenvalue weighted by Gasteiger charge is 2.08. The van der Waals surface area contributed by atoms with Crippen molar-refractivity contribution in [3.8, 4) is 21.7 Å². The number of aldehydes is 1. The molecule has 4 rings (SSSR count). The minimum atomic E-state index is 0.746. The first-order valence-corrected chi connectivity index (χ1v) is 8.16. The van der Waals surface area contributed by atoms with Gasteiger partial charge in [-0.3, -0.25) is 9.20 Å². The standard InChI is InChI=1S/C19H14N2OS/c1-13-7-8-21-17(11-20-19(21)9-13)14-3-2-4-15(10-14)18-6-5-16(12-22)23-18/h2-12H,1H3. The number of hydrogen-bond acceptors (Lipinski definition) is 3. The molecule has 0 bridgehead atoms. The number of hydrogen-bond donors (Lipinski definition) is 0. The molecule has 3 nitrogen and oxygen atoms in total. The molecule has 0 saturated heterocycles. The predicted octanol–water partition coefficient (Wildman–Crippen LogP) is 4.85. The van der Waals surface area contributed by atoms with E-state index in [0.717, 1.165) is 38.5 Å². The Hall–Kier alpha value is -2.72. The van der Waals surface area contributed by atoms with E-state index in [2.05, 4.69) is 52.8 Å². The van der Waals surface area contributed by atoms with E-state index in [9.17, 15) is 4.79 Å². The Bertz CT molecular complexity index is 1010. The van der Waals surface area contributed by atoms with E-state index < -0.39 is 0 Å². The van der Waals surface area contributed by atoms with Gasteiger partial charge in [-0.1, -0.05) is 18.2 Å². The molecule has 0 spiro atoms. The van der Waals surface area contributed by atoms with Gasteiger partial charge < -0.3 is 0 Å². The molecule has 4 aromatic rings. The van der Waals surface area contributed by atoms with Crippen molar-refractivity contribution in [1.29, 1.82) is 0 Å². The quantitative estimate of drug-likeness (QED) is 0.506. The number of rotatable bonds is 3. The summed E-state index contributed by atoms with van der Waals surface area (Å²) in [6.45, 7) is 2.07. The predicted molar refractivity (Wildman–Crippen MR) is 94.1 cm³/mol. The van der Waals surface area contributed by atoms with Gasteiger partial charge >= 0.3 is 0 Å². The maximum Gasteiger partial charge on any atom is 0.160 e. The average Bonchev–Trinajstić information content (AvgIpc) is 3.21. The van der Waals surface area contributed by atoms with Crippen molar-refractivity contribution in [3.63, 3.8) is 0 Å². The highest BCUT2D eigenvalue weighted by molar-refractivity contribution is 7.17. The molecule has 0 saturated carbocycles. The Morgan fingerprint density at radius 2 is 1.96 bits per heavy atom. The largest absolute Gasteiger partial charge is 0.300 e. The molecule has 0 aliphatic rings. The number of carbonyl (C=O) groups is 1. The van der Waals surface area contributed by atoms with E-state index in [0.29, 0.717) is 0 Å². The first kappa shape index (κ1) is 13.9. The maximum atomic E-state index is 10.9. The second-order valence-electron chi connectivity index (χ2n) is 5.48. The van der Waals surface area contributed by atoms with Crippen molar-refractivity contribution in [3.05, 3.63) is 71.4 Å². The van der Waals surface area contributed by atoms with Gasteiger partial charge in [-0.2, -0.15) is 0 Å². The van der Waals surface area contributed by atoms with E-state index in [-0.39, 0.29) is 0 Å². The maximum absolute atomic E-state index is 10.9. The van der Waals surface area contributed by atoms with Gasteiger partial charge in [0.25, 0.3) is 0 Å². The monoisotopic (exact) mass is 318 g/mol. The number of aromatic nitrogens is 2. The van der Waals surface area contributed by atoms with Gasteiger partial charge in [0, 0.05) is 16.6 Å². The van der Waals surface area contributed by atoms with Crippen molar-refractivity contribution in [2.24, 2.45) is 0 Å². The van der Waals surface area contributed by atoms with Crippen LogP contribution in [-0.2, 0) is 0 Å². The number of aryl methyl sites for hydroxylation is 1. The fourth-order valence-electron chi connectivity index (χ4n) is 2.70. The zero-order valence-corrected chi connectivity index (χ0v) is 13.4. The zero-order chi connectivity index (χ0) is 15.8. The van der Waals surface area contributed by atoms with Gasteiger partial charge in [-0.25, -0.2) is 4.98 Å². The summed E-state index contributed by atoms with van der Waals surface area (Å²) in [6, 6.07) is 16.3. The molecule has 0 amide bonds. The highest BCUT2D eigenvalue weighted by Crippen LogP contribution is 2.31. The summed E-state index contributed by atoms with van der Waals surface area (Å²) in [5.41, 5.74) is 5.43. The van der Waals surface area contributed by atoms with Gasteiger partial charge in [0.2, 0.25) is 0 Å². The van der Waals surface area contributed by atoms with Gasteiger partial charge in [0.15, 0.2) is 6.29 Å². The molecule has 1 aromatic carbocycles. The van der Waals surface area contributed by atoms with Gasteiger partial charge in [0.05, 0.1) is 16.8 Å². The fraction of sp³-hybridized carbons (Fsp3) is 0.0526. The van der Waals surface area contributed by atoms with Crippen LogP contribution in [0, 0.1) is 6.92 Å². The molecular weight excluding hydrogens is 304 g/mol. The van der Waals surface area contributed by atoms with Crippen molar-refractivity contribution in [1.82, 2.24) is 9.38 Å². The van der Waals surface area contributed by atoms with Crippen LogP contribution >= 0.6 is 11.3 Å². The normalized spacial score (nSPS) is 11.0. The molecule has 3 heterocycles.